The van der Waals surface area contributed by atoms with Crippen LogP contribution < -0.4 is 19.6 Å². The molecule has 1 heterocycles. The predicted molar refractivity (Wildman–Crippen MR) is 632 cm³/mol. The molecule has 0 bridgehead atoms. The third kappa shape index (κ3) is 15.6. The lowest BCUT2D eigenvalue weighted by molar-refractivity contribution is 0.602. The summed E-state index contributed by atoms with van der Waals surface area (Å²) in [6, 6.07) is 202. The Morgan fingerprint density at radius 3 is 0.986 bits per heavy atom. The maximum atomic E-state index is 6.84. The van der Waals surface area contributed by atoms with Crippen LogP contribution in [0.1, 0.15) is 25.0 Å². The lowest BCUT2D eigenvalue weighted by Gasteiger charge is -2.29. The van der Waals surface area contributed by atoms with Gasteiger partial charge in [0.15, 0.2) is 0 Å². The summed E-state index contributed by atoms with van der Waals surface area (Å²) in [6.07, 6.45) is 0. The Hall–Kier alpha value is -19.2. The second kappa shape index (κ2) is 37.0. The summed E-state index contributed by atoms with van der Waals surface area (Å²) in [4.78, 5) is 9.54. The number of furan rings is 1. The fraction of sp³-hybridized carbons (Fsp3) is 0.0210. The van der Waals surface area contributed by atoms with Crippen molar-refractivity contribution < 1.29 is 4.42 Å². The summed E-state index contributed by atoms with van der Waals surface area (Å²) >= 11 is 0. The van der Waals surface area contributed by atoms with E-state index < -0.39 is 0 Å². The molecule has 27 aromatic carbocycles. The third-order valence-corrected chi connectivity index (χ3v) is 30.4. The molecule has 0 saturated carbocycles. The molecule has 0 saturated heterocycles. The van der Waals surface area contributed by atoms with Gasteiger partial charge in [0.1, 0.15) is 11.5 Å². The average Bonchev–Trinajstić information content (AvgIpc) is 1.64. The standard InChI is InChI=1S/C56H38N2O.C45H33N.C42H27N/c1-4-17-40(18-5-1)55-52-26-12-13-27-53(52)56(59-55)41-19-14-24-46(38-41)58(45-33-31-44(32-34-45)57(42-20-6-2-7-21-42)43-22-8-3-9-23-43)54-29-15-28-48-50-35-30-39-16-10-11-25-47(39)49(50)36-37-51(48)54;1-45(2)43-15-9-8-14-40(43)41-27-24-36(29-44(41)45)46(34-21-16-31(17-22-34)30-10-4-3-5-11-30)35-23-18-33-20-25-38-37-13-7-6-12-32(37)19-26-39(38)42(33)28-35;1-2-11-31-26-33(20-18-28(31)8-1)43(34-21-23-37-32(27-34)17-16-29-9-3-5-12-35(29)37)42-15-7-14-38-40-22-19-30-10-4-6-13-36(30)39(40)24-25-41(38)42/h1-38H;3-29H,1-2H3;1-27H. The van der Waals surface area contributed by atoms with Gasteiger partial charge in [0, 0.05) is 95.0 Å². The largest absolute Gasteiger partial charge is 0.455 e. The van der Waals surface area contributed by atoms with E-state index in [0.717, 1.165) is 96.0 Å². The maximum Gasteiger partial charge on any atom is 0.142 e. The van der Waals surface area contributed by atoms with Crippen molar-refractivity contribution >= 4 is 208 Å². The van der Waals surface area contributed by atoms with Crippen LogP contribution >= 0.6 is 0 Å². The minimum absolute atomic E-state index is 0.0780. The molecule has 1 aromatic heterocycles. The highest BCUT2D eigenvalue weighted by Gasteiger charge is 2.36. The molecule has 1 aliphatic rings. The van der Waals surface area contributed by atoms with Crippen LogP contribution in [-0.4, -0.2) is 0 Å². The predicted octanol–water partition coefficient (Wildman–Crippen LogP) is 40.8. The first kappa shape index (κ1) is 87.8. The minimum atomic E-state index is -0.0780. The molecule has 0 aliphatic heterocycles. The molecule has 148 heavy (non-hydrogen) atoms. The number of rotatable bonds is 15. The van der Waals surface area contributed by atoms with Crippen LogP contribution in [-0.2, 0) is 5.41 Å². The molecule has 0 radical (unpaired) electrons. The van der Waals surface area contributed by atoms with Gasteiger partial charge in [0.2, 0.25) is 0 Å². The van der Waals surface area contributed by atoms with Gasteiger partial charge in [-0.05, 0) is 285 Å². The lowest BCUT2D eigenvalue weighted by atomic mass is 9.82. The van der Waals surface area contributed by atoms with Gasteiger partial charge < -0.3 is 24.0 Å². The van der Waals surface area contributed by atoms with Gasteiger partial charge in [-0.3, -0.25) is 0 Å². The number of para-hydroxylation sites is 2. The molecule has 28 aromatic rings. The monoisotopic (exact) mass is 1890 g/mol. The van der Waals surface area contributed by atoms with Crippen molar-refractivity contribution in [3.63, 3.8) is 0 Å². The van der Waals surface area contributed by atoms with Crippen molar-refractivity contribution in [3.8, 4) is 44.9 Å². The molecule has 0 unspecified atom stereocenters. The van der Waals surface area contributed by atoms with Crippen LogP contribution in [0.4, 0.5) is 68.2 Å². The molecular weight excluding hydrogens is 1790 g/mol. The van der Waals surface area contributed by atoms with E-state index in [1.807, 2.05) is 6.07 Å². The van der Waals surface area contributed by atoms with Crippen LogP contribution in [0.5, 0.6) is 0 Å². The first-order valence-electron chi connectivity index (χ1n) is 51.1. The van der Waals surface area contributed by atoms with Crippen molar-refractivity contribution in [1.82, 2.24) is 0 Å². The van der Waals surface area contributed by atoms with E-state index in [1.165, 1.54) is 168 Å². The second-order valence-corrected chi connectivity index (χ2v) is 39.3. The van der Waals surface area contributed by atoms with Gasteiger partial charge in [-0.1, -0.05) is 438 Å². The topological polar surface area (TPSA) is 26.1 Å². The average molecular weight is 1890 g/mol. The smallest absolute Gasteiger partial charge is 0.142 e. The third-order valence-electron chi connectivity index (χ3n) is 30.4. The first-order valence-corrected chi connectivity index (χ1v) is 51.1. The molecule has 0 amide bonds. The molecule has 5 nitrogen and oxygen atoms in total. The van der Waals surface area contributed by atoms with E-state index in [1.54, 1.807) is 0 Å². The summed E-state index contributed by atoms with van der Waals surface area (Å²) in [7, 11) is 0. The zero-order valence-corrected chi connectivity index (χ0v) is 81.8. The molecule has 0 fully saturated rings. The Morgan fingerprint density at radius 1 is 0.142 bits per heavy atom. The number of fused-ring (bicyclic) bond motifs is 23. The lowest BCUT2D eigenvalue weighted by Crippen LogP contribution is -2.16. The number of anilines is 12. The fourth-order valence-electron chi connectivity index (χ4n) is 23.3. The number of benzene rings is 27. The summed E-state index contributed by atoms with van der Waals surface area (Å²) in [5, 5.41) is 32.4. The highest BCUT2D eigenvalue weighted by atomic mass is 16.3. The van der Waals surface area contributed by atoms with Crippen LogP contribution in [0.2, 0.25) is 0 Å². The van der Waals surface area contributed by atoms with Crippen molar-refractivity contribution in [2.45, 2.75) is 19.3 Å². The van der Waals surface area contributed by atoms with Crippen molar-refractivity contribution in [2.75, 3.05) is 19.6 Å². The van der Waals surface area contributed by atoms with E-state index >= 15 is 0 Å². The number of hydrogen-bond donors (Lipinski definition) is 0. The number of nitrogens with zero attached hydrogens (tertiary/aromatic N) is 4. The van der Waals surface area contributed by atoms with E-state index in [-0.39, 0.29) is 5.41 Å². The summed E-state index contributed by atoms with van der Waals surface area (Å²) in [5.41, 5.74) is 23.2. The molecule has 1 aliphatic carbocycles. The highest BCUT2D eigenvalue weighted by Crippen LogP contribution is 2.54. The van der Waals surface area contributed by atoms with Crippen LogP contribution in [0.15, 0.2) is 563 Å². The van der Waals surface area contributed by atoms with E-state index in [2.05, 4.69) is 585 Å². The molecular formula is C143H98N4O. The van der Waals surface area contributed by atoms with Gasteiger partial charge in [0.25, 0.3) is 0 Å². The fourth-order valence-corrected chi connectivity index (χ4v) is 23.3. The molecule has 696 valence electrons. The summed E-state index contributed by atoms with van der Waals surface area (Å²) in [6.45, 7) is 4.71. The summed E-state index contributed by atoms with van der Waals surface area (Å²) < 4.78 is 6.84. The summed E-state index contributed by atoms with van der Waals surface area (Å²) in [5.74, 6) is 1.73. The molecule has 29 rings (SSSR count). The van der Waals surface area contributed by atoms with Gasteiger partial charge in [-0.25, -0.2) is 0 Å². The van der Waals surface area contributed by atoms with E-state index in [9.17, 15) is 0 Å². The van der Waals surface area contributed by atoms with Gasteiger partial charge >= 0.3 is 0 Å². The number of hydrogen-bond acceptors (Lipinski definition) is 5. The van der Waals surface area contributed by atoms with Gasteiger partial charge in [-0.2, -0.15) is 0 Å². The Labute approximate surface area is 859 Å². The quantitative estimate of drug-likeness (QED) is 0.0953. The molecule has 0 atom stereocenters. The zero-order chi connectivity index (χ0) is 98.3. The van der Waals surface area contributed by atoms with Gasteiger partial charge in [-0.15, -0.1) is 0 Å². The van der Waals surface area contributed by atoms with Crippen LogP contribution in [0.3, 0.4) is 0 Å². The maximum absolute atomic E-state index is 6.84. The highest BCUT2D eigenvalue weighted by molar-refractivity contribution is 6.23. The SMILES string of the molecule is CC1(C)c2ccccc2-c2ccc(N(c3ccc(-c4ccccc4)cc3)c3ccc4ccc5c6ccccc6ccc5c4c3)cc21.c1ccc(-c2oc(-c3cccc(N(c4ccc(N(c5ccccc5)c5ccccc5)cc4)c4cccc5c4ccc4c6ccccc6ccc54)c3)c3ccccc23)cc1.c1ccc2cc(N(c3ccc4c(ccc5ccccc54)c3)c3cccc4c3ccc3c5ccccc5ccc43)ccc2c1. The normalized spacial score (nSPS) is 12.0. The Morgan fingerprint density at radius 2 is 0.426 bits per heavy atom. The van der Waals surface area contributed by atoms with Crippen molar-refractivity contribution in [3.05, 3.63) is 569 Å². The van der Waals surface area contributed by atoms with E-state index in [4.69, 9.17) is 4.42 Å². The van der Waals surface area contributed by atoms with Crippen molar-refractivity contribution in [2.24, 2.45) is 0 Å². The second-order valence-electron chi connectivity index (χ2n) is 39.3. The first-order chi connectivity index (χ1) is 73.2. The molecule has 5 heteroatoms. The van der Waals surface area contributed by atoms with Crippen LogP contribution in [0.25, 0.3) is 185 Å². The Balaban J connectivity index is 0.000000111. The zero-order valence-electron chi connectivity index (χ0n) is 81.8. The molecule has 0 N–H and O–H groups in total. The Kier molecular flexibility index (Phi) is 21.9. The van der Waals surface area contributed by atoms with Crippen molar-refractivity contribution in [1.29, 1.82) is 0 Å². The van der Waals surface area contributed by atoms with Crippen LogP contribution in [0, 0.1) is 0 Å². The van der Waals surface area contributed by atoms with E-state index in [0.29, 0.717) is 0 Å². The Bertz CT molecular complexity index is 10000. The van der Waals surface area contributed by atoms with Gasteiger partial charge in [0.05, 0.1) is 11.4 Å². The minimum Gasteiger partial charge on any atom is -0.455 e. The molecule has 0 spiro atoms.